The number of benzene rings is 3. The van der Waals surface area contributed by atoms with Gasteiger partial charge in [0.25, 0.3) is 5.91 Å². The van der Waals surface area contributed by atoms with Crippen molar-refractivity contribution in [2.45, 2.75) is 31.5 Å². The number of fused-ring (bicyclic) bond motifs is 3. The molecule has 3 N–H and O–H groups in total. The maximum absolute atomic E-state index is 14.0. The third-order valence-corrected chi connectivity index (χ3v) is 7.93. The van der Waals surface area contributed by atoms with E-state index < -0.39 is 11.7 Å². The number of aromatic nitrogens is 2. The fourth-order valence-corrected chi connectivity index (χ4v) is 5.64. The van der Waals surface area contributed by atoms with Crippen LogP contribution in [0.25, 0.3) is 11.3 Å². The summed E-state index contributed by atoms with van der Waals surface area (Å²) in [5.74, 6) is 0.296. The number of hydrogen-bond acceptors (Lipinski definition) is 6. The zero-order valence-electron chi connectivity index (χ0n) is 22.5. The third-order valence-electron chi connectivity index (χ3n) is 7.69. The highest BCUT2D eigenvalue weighted by Crippen LogP contribution is 2.44. The number of nitrogens with one attached hydrogen (secondary N) is 1. The number of rotatable bonds is 4. The monoisotopic (exact) mass is 592 g/mol. The van der Waals surface area contributed by atoms with Gasteiger partial charge in [-0.25, -0.2) is 9.97 Å². The number of hydrogen-bond donors (Lipinski definition) is 2. The highest BCUT2D eigenvalue weighted by atomic mass is 35.5. The highest BCUT2D eigenvalue weighted by molar-refractivity contribution is 6.31. The number of carbonyl (C=O) groups is 1. The van der Waals surface area contributed by atoms with Crippen molar-refractivity contribution in [2.24, 2.45) is 5.73 Å². The second kappa shape index (κ2) is 11.3. The molecule has 1 saturated heterocycles. The molecule has 0 saturated carbocycles. The number of amides is 1. The fraction of sp³-hybridized carbons (Fsp3) is 0.258. The number of nitrogens with two attached hydrogens (primary N) is 1. The predicted molar refractivity (Wildman–Crippen MR) is 157 cm³/mol. The van der Waals surface area contributed by atoms with E-state index in [9.17, 15) is 18.0 Å². The van der Waals surface area contributed by atoms with Crippen LogP contribution in [0.2, 0.25) is 5.02 Å². The van der Waals surface area contributed by atoms with Crippen LogP contribution < -0.4 is 16.0 Å². The molecule has 1 aromatic heterocycles. The van der Waals surface area contributed by atoms with Gasteiger partial charge in [-0.2, -0.15) is 13.2 Å². The minimum atomic E-state index is -4.52. The number of likely N-dealkylation sites (tertiary alicyclic amines) is 1. The van der Waals surface area contributed by atoms with E-state index in [1.165, 1.54) is 12.1 Å². The maximum atomic E-state index is 14.0. The van der Waals surface area contributed by atoms with Crippen molar-refractivity contribution in [3.63, 3.8) is 0 Å². The number of halogens is 4. The molecular formula is C31H28ClF3N6O. The van der Waals surface area contributed by atoms with Crippen molar-refractivity contribution in [1.29, 1.82) is 0 Å². The van der Waals surface area contributed by atoms with E-state index in [0.717, 1.165) is 24.5 Å². The normalized spacial score (nSPS) is 15.5. The molecule has 2 aliphatic heterocycles. The average molecular weight is 593 g/mol. The van der Waals surface area contributed by atoms with Gasteiger partial charge >= 0.3 is 6.18 Å². The van der Waals surface area contributed by atoms with E-state index in [2.05, 4.69) is 10.3 Å². The Bertz CT molecular complexity index is 1620. The Morgan fingerprint density at radius 2 is 1.71 bits per heavy atom. The van der Waals surface area contributed by atoms with Gasteiger partial charge in [-0.15, -0.1) is 0 Å². The predicted octanol–water partition coefficient (Wildman–Crippen LogP) is 6.82. The summed E-state index contributed by atoms with van der Waals surface area (Å²) in [5.41, 5.74) is 9.17. The van der Waals surface area contributed by atoms with Crippen molar-refractivity contribution in [2.75, 3.05) is 29.9 Å². The van der Waals surface area contributed by atoms with Gasteiger partial charge in [0.1, 0.15) is 0 Å². The van der Waals surface area contributed by atoms with E-state index >= 15 is 0 Å². The Hall–Kier alpha value is -4.15. The number of para-hydroxylation sites is 1. The second-order valence-corrected chi connectivity index (χ2v) is 10.9. The fourth-order valence-electron chi connectivity index (χ4n) is 5.47. The van der Waals surface area contributed by atoms with Crippen LogP contribution in [0.1, 0.15) is 34.3 Å². The van der Waals surface area contributed by atoms with Gasteiger partial charge in [0, 0.05) is 53.7 Å². The number of carbonyl (C=O) groups excluding carboxylic acids is 1. The molecule has 2 aliphatic rings. The zero-order valence-corrected chi connectivity index (χ0v) is 23.3. The second-order valence-electron chi connectivity index (χ2n) is 10.5. The van der Waals surface area contributed by atoms with Crippen molar-refractivity contribution in [3.8, 4) is 11.3 Å². The van der Waals surface area contributed by atoms with Crippen LogP contribution in [0.3, 0.4) is 0 Å². The Morgan fingerprint density at radius 3 is 2.45 bits per heavy atom. The summed E-state index contributed by atoms with van der Waals surface area (Å²) in [7, 11) is 0. The molecule has 3 aromatic carbocycles. The molecule has 1 fully saturated rings. The average Bonchev–Trinajstić information content (AvgIpc) is 3.13. The summed E-state index contributed by atoms with van der Waals surface area (Å²) in [6.07, 6.45) is -0.813. The molecule has 7 nitrogen and oxygen atoms in total. The SMILES string of the molecule is NC1CCN(C(=O)c2ccc(Nc3ncc4c(n3)-c3ccc(Cl)cc3N(c3ccccc3C(F)(F)F)CC4)cc2)CC1. The molecular weight excluding hydrogens is 565 g/mol. The first-order valence-corrected chi connectivity index (χ1v) is 14.1. The summed E-state index contributed by atoms with van der Waals surface area (Å²) in [5, 5.41) is 3.59. The molecule has 11 heteroatoms. The standard InChI is InChI=1S/C31H28ClF3N6O/c32-21-7-10-24-27(17-21)41(26-4-2-1-3-25(26)31(33,34)35)16-11-20-18-37-30(39-28(20)24)38-23-8-5-19(6-9-23)29(42)40-14-12-22(36)13-15-40/h1-10,17-18,22H,11-16,36H2,(H,37,38,39). The largest absolute Gasteiger partial charge is 0.418 e. The van der Waals surface area contributed by atoms with E-state index in [1.54, 1.807) is 59.6 Å². The molecule has 42 heavy (non-hydrogen) atoms. The Morgan fingerprint density at radius 1 is 0.976 bits per heavy atom. The number of alkyl halides is 3. The number of piperidine rings is 1. The molecule has 0 bridgehead atoms. The van der Waals surface area contributed by atoms with Crippen LogP contribution in [-0.2, 0) is 12.6 Å². The molecule has 0 radical (unpaired) electrons. The van der Waals surface area contributed by atoms with E-state index in [-0.39, 0.29) is 24.2 Å². The highest BCUT2D eigenvalue weighted by Gasteiger charge is 2.36. The molecule has 0 atom stereocenters. The van der Waals surface area contributed by atoms with Crippen molar-refractivity contribution in [3.05, 3.63) is 94.6 Å². The smallest absolute Gasteiger partial charge is 0.340 e. The van der Waals surface area contributed by atoms with E-state index in [0.29, 0.717) is 58.7 Å². The molecule has 3 heterocycles. The van der Waals surface area contributed by atoms with Crippen LogP contribution in [-0.4, -0.2) is 46.5 Å². The molecule has 4 aromatic rings. The van der Waals surface area contributed by atoms with Gasteiger partial charge in [0.15, 0.2) is 0 Å². The summed E-state index contributed by atoms with van der Waals surface area (Å²) >= 11 is 6.34. The van der Waals surface area contributed by atoms with Crippen LogP contribution in [0.5, 0.6) is 0 Å². The maximum Gasteiger partial charge on any atom is 0.418 e. The van der Waals surface area contributed by atoms with Gasteiger partial charge < -0.3 is 20.9 Å². The minimum absolute atomic E-state index is 0.0263. The Kier molecular flexibility index (Phi) is 7.51. The van der Waals surface area contributed by atoms with Crippen molar-refractivity contribution in [1.82, 2.24) is 14.9 Å². The van der Waals surface area contributed by atoms with Gasteiger partial charge in [0.05, 0.1) is 22.6 Å². The Balaban J connectivity index is 1.29. The first kappa shape index (κ1) is 28.0. The topological polar surface area (TPSA) is 87.4 Å². The minimum Gasteiger partial charge on any atom is -0.340 e. The zero-order chi connectivity index (χ0) is 29.4. The summed E-state index contributed by atoms with van der Waals surface area (Å²) in [6, 6.07) is 17.9. The summed E-state index contributed by atoms with van der Waals surface area (Å²) in [6.45, 7) is 1.58. The number of anilines is 4. The summed E-state index contributed by atoms with van der Waals surface area (Å²) < 4.78 is 41.9. The van der Waals surface area contributed by atoms with Crippen LogP contribution in [0, 0.1) is 0 Å². The quantitative estimate of drug-likeness (QED) is 0.270. The van der Waals surface area contributed by atoms with Crippen molar-refractivity contribution >= 4 is 40.5 Å². The molecule has 1 amide bonds. The van der Waals surface area contributed by atoms with Crippen LogP contribution in [0.4, 0.5) is 36.2 Å². The molecule has 216 valence electrons. The van der Waals surface area contributed by atoms with Gasteiger partial charge in [-0.05, 0) is 79.4 Å². The third kappa shape index (κ3) is 5.64. The summed E-state index contributed by atoms with van der Waals surface area (Å²) in [4.78, 5) is 25.6. The lowest BCUT2D eigenvalue weighted by Crippen LogP contribution is -2.42. The van der Waals surface area contributed by atoms with Gasteiger partial charge in [-0.1, -0.05) is 23.7 Å². The molecule has 0 unspecified atom stereocenters. The first-order chi connectivity index (χ1) is 20.2. The molecule has 0 spiro atoms. The van der Waals surface area contributed by atoms with E-state index in [4.69, 9.17) is 22.3 Å². The molecule has 6 rings (SSSR count). The molecule has 0 aliphatic carbocycles. The lowest BCUT2D eigenvalue weighted by molar-refractivity contribution is -0.137. The van der Waals surface area contributed by atoms with Crippen LogP contribution in [0.15, 0.2) is 72.9 Å². The Labute approximate surface area is 246 Å². The van der Waals surface area contributed by atoms with Crippen molar-refractivity contribution < 1.29 is 18.0 Å². The lowest BCUT2D eigenvalue weighted by atomic mass is 10.0. The van der Waals surface area contributed by atoms with Gasteiger partial charge in [0.2, 0.25) is 5.95 Å². The lowest BCUT2D eigenvalue weighted by Gasteiger charge is -2.30. The van der Waals surface area contributed by atoms with Gasteiger partial charge in [-0.3, -0.25) is 4.79 Å². The van der Waals surface area contributed by atoms with E-state index in [1.807, 2.05) is 4.90 Å². The first-order valence-electron chi connectivity index (χ1n) is 13.7. The van der Waals surface area contributed by atoms with Crippen LogP contribution >= 0.6 is 11.6 Å². The number of nitrogens with zero attached hydrogens (tertiary/aromatic N) is 4.